The molecule has 7 heteroatoms. The third-order valence-electron chi connectivity index (χ3n) is 3.56. The van der Waals surface area contributed by atoms with Crippen molar-refractivity contribution in [2.75, 3.05) is 10.6 Å². The van der Waals surface area contributed by atoms with Crippen molar-refractivity contribution in [3.8, 4) is 0 Å². The highest BCUT2D eigenvalue weighted by molar-refractivity contribution is 5.57. The molecule has 0 saturated carbocycles. The van der Waals surface area contributed by atoms with E-state index < -0.39 is 4.92 Å². The number of benzene rings is 2. The van der Waals surface area contributed by atoms with Crippen LogP contribution in [0.4, 0.5) is 17.5 Å². The minimum atomic E-state index is -0.492. The van der Waals surface area contributed by atoms with Crippen LogP contribution in [0.5, 0.6) is 0 Å². The molecule has 0 amide bonds. The average molecular weight is 335 g/mol. The van der Waals surface area contributed by atoms with E-state index in [1.54, 1.807) is 0 Å². The molecule has 0 bridgehead atoms. The van der Waals surface area contributed by atoms with E-state index >= 15 is 0 Å². The highest BCUT2D eigenvalue weighted by atomic mass is 16.6. The monoisotopic (exact) mass is 335 g/mol. The van der Waals surface area contributed by atoms with Gasteiger partial charge in [0.2, 0.25) is 11.8 Å². The number of nitro groups is 1. The van der Waals surface area contributed by atoms with Gasteiger partial charge in [-0.3, -0.25) is 10.1 Å². The molecule has 0 fully saturated rings. The zero-order valence-electron chi connectivity index (χ0n) is 13.4. The van der Waals surface area contributed by atoms with Crippen LogP contribution < -0.4 is 10.6 Å². The molecule has 3 aromatic rings. The Morgan fingerprint density at radius 1 is 0.880 bits per heavy atom. The van der Waals surface area contributed by atoms with Gasteiger partial charge in [-0.1, -0.05) is 60.7 Å². The van der Waals surface area contributed by atoms with Crippen molar-refractivity contribution in [3.63, 3.8) is 0 Å². The minimum absolute atomic E-state index is 0.152. The number of nitrogens with one attached hydrogen (secondary N) is 2. The SMILES string of the molecule is O=[N+]([O-])c1cnc(NCc2ccccc2)nc1NCc1ccccc1. The second kappa shape index (κ2) is 7.87. The van der Waals surface area contributed by atoms with Crippen molar-refractivity contribution in [2.24, 2.45) is 0 Å². The molecule has 2 aromatic carbocycles. The van der Waals surface area contributed by atoms with Gasteiger partial charge in [0, 0.05) is 13.1 Å². The standard InChI is InChI=1S/C18H17N5O2/c24-23(25)16-13-21-18(20-12-15-9-5-2-6-10-15)22-17(16)19-11-14-7-3-1-4-8-14/h1-10,13H,11-12H2,(H2,19,20,21,22). The minimum Gasteiger partial charge on any atom is -0.360 e. The Kier molecular flexibility index (Phi) is 5.16. The van der Waals surface area contributed by atoms with E-state index in [4.69, 9.17) is 0 Å². The summed E-state index contributed by atoms with van der Waals surface area (Å²) in [4.78, 5) is 19.0. The predicted octanol–water partition coefficient (Wildman–Crippen LogP) is 3.61. The molecule has 0 atom stereocenters. The molecule has 0 aliphatic heterocycles. The van der Waals surface area contributed by atoms with Gasteiger partial charge in [0.05, 0.1) is 4.92 Å². The van der Waals surface area contributed by atoms with Gasteiger partial charge in [0.25, 0.3) is 0 Å². The van der Waals surface area contributed by atoms with Crippen LogP contribution >= 0.6 is 0 Å². The van der Waals surface area contributed by atoms with Crippen LogP contribution in [0.2, 0.25) is 0 Å². The predicted molar refractivity (Wildman–Crippen MR) is 96.2 cm³/mol. The topological polar surface area (TPSA) is 93.0 Å². The van der Waals surface area contributed by atoms with Gasteiger partial charge in [-0.15, -0.1) is 0 Å². The second-order valence-corrected chi connectivity index (χ2v) is 5.36. The molecule has 126 valence electrons. The van der Waals surface area contributed by atoms with Crippen molar-refractivity contribution < 1.29 is 4.92 Å². The molecule has 3 rings (SSSR count). The van der Waals surface area contributed by atoms with Crippen LogP contribution in [0.1, 0.15) is 11.1 Å². The fraction of sp³-hybridized carbons (Fsp3) is 0.111. The fourth-order valence-corrected chi connectivity index (χ4v) is 2.28. The number of aromatic nitrogens is 2. The van der Waals surface area contributed by atoms with Crippen molar-refractivity contribution in [1.29, 1.82) is 0 Å². The first-order valence-electron chi connectivity index (χ1n) is 7.79. The Morgan fingerprint density at radius 2 is 1.44 bits per heavy atom. The van der Waals surface area contributed by atoms with Gasteiger partial charge >= 0.3 is 5.69 Å². The Hall–Kier alpha value is -3.48. The van der Waals surface area contributed by atoms with Crippen molar-refractivity contribution in [1.82, 2.24) is 9.97 Å². The van der Waals surface area contributed by atoms with Crippen molar-refractivity contribution >= 4 is 17.5 Å². The van der Waals surface area contributed by atoms with E-state index in [1.807, 2.05) is 60.7 Å². The highest BCUT2D eigenvalue weighted by Crippen LogP contribution is 2.22. The molecular formula is C18H17N5O2. The first-order valence-corrected chi connectivity index (χ1v) is 7.79. The molecule has 25 heavy (non-hydrogen) atoms. The number of hydrogen-bond donors (Lipinski definition) is 2. The van der Waals surface area contributed by atoms with E-state index in [1.165, 1.54) is 6.20 Å². The number of anilines is 2. The van der Waals surface area contributed by atoms with Gasteiger partial charge in [-0.2, -0.15) is 4.98 Å². The maximum atomic E-state index is 11.2. The lowest BCUT2D eigenvalue weighted by Gasteiger charge is -2.09. The van der Waals surface area contributed by atoms with E-state index in [0.717, 1.165) is 11.1 Å². The van der Waals surface area contributed by atoms with Crippen LogP contribution in [-0.2, 0) is 13.1 Å². The lowest BCUT2D eigenvalue weighted by atomic mass is 10.2. The summed E-state index contributed by atoms with van der Waals surface area (Å²) in [6.07, 6.45) is 1.22. The first-order chi connectivity index (χ1) is 12.2. The fourth-order valence-electron chi connectivity index (χ4n) is 2.28. The zero-order chi connectivity index (χ0) is 17.5. The lowest BCUT2D eigenvalue weighted by molar-refractivity contribution is -0.384. The highest BCUT2D eigenvalue weighted by Gasteiger charge is 2.17. The van der Waals surface area contributed by atoms with Gasteiger partial charge in [-0.05, 0) is 11.1 Å². The molecule has 0 radical (unpaired) electrons. The van der Waals surface area contributed by atoms with Gasteiger partial charge < -0.3 is 10.6 Å². The quantitative estimate of drug-likeness (QED) is 0.506. The number of rotatable bonds is 7. The first kappa shape index (κ1) is 16.4. The Labute approximate surface area is 144 Å². The van der Waals surface area contributed by atoms with Gasteiger partial charge in [0.1, 0.15) is 6.20 Å². The number of hydrogen-bond acceptors (Lipinski definition) is 6. The molecule has 7 nitrogen and oxygen atoms in total. The van der Waals surface area contributed by atoms with Crippen LogP contribution in [0, 0.1) is 10.1 Å². The normalized spacial score (nSPS) is 10.2. The van der Waals surface area contributed by atoms with Gasteiger partial charge in [-0.25, -0.2) is 4.98 Å². The summed E-state index contributed by atoms with van der Waals surface area (Å²) >= 11 is 0. The molecule has 0 saturated heterocycles. The van der Waals surface area contributed by atoms with Crippen LogP contribution in [-0.4, -0.2) is 14.9 Å². The summed E-state index contributed by atoms with van der Waals surface area (Å²) in [7, 11) is 0. The maximum absolute atomic E-state index is 11.2. The van der Waals surface area contributed by atoms with Gasteiger partial charge in [0.15, 0.2) is 0 Å². The zero-order valence-corrected chi connectivity index (χ0v) is 13.4. The summed E-state index contributed by atoms with van der Waals surface area (Å²) in [5.74, 6) is 0.532. The number of nitrogens with zero attached hydrogens (tertiary/aromatic N) is 3. The third kappa shape index (κ3) is 4.51. The second-order valence-electron chi connectivity index (χ2n) is 5.36. The summed E-state index contributed by atoms with van der Waals surface area (Å²) in [6.45, 7) is 0.980. The molecule has 0 unspecified atom stereocenters. The van der Waals surface area contributed by atoms with E-state index in [0.29, 0.717) is 19.0 Å². The molecule has 1 aromatic heterocycles. The van der Waals surface area contributed by atoms with E-state index in [2.05, 4.69) is 20.6 Å². The largest absolute Gasteiger partial charge is 0.360 e. The summed E-state index contributed by atoms with van der Waals surface area (Å²) in [5.41, 5.74) is 1.93. The average Bonchev–Trinajstić information content (AvgIpc) is 2.66. The van der Waals surface area contributed by atoms with Crippen molar-refractivity contribution in [3.05, 3.63) is 88.1 Å². The molecule has 1 heterocycles. The molecular weight excluding hydrogens is 318 g/mol. The summed E-state index contributed by atoms with van der Waals surface area (Å²) in [6, 6.07) is 19.4. The molecule has 0 spiro atoms. The van der Waals surface area contributed by atoms with E-state index in [9.17, 15) is 10.1 Å². The Bertz CT molecular complexity index is 841. The Morgan fingerprint density at radius 3 is 2.00 bits per heavy atom. The van der Waals surface area contributed by atoms with Crippen LogP contribution in [0.25, 0.3) is 0 Å². The smallest absolute Gasteiger partial charge is 0.329 e. The lowest BCUT2D eigenvalue weighted by Crippen LogP contribution is -2.09. The summed E-state index contributed by atoms with van der Waals surface area (Å²) in [5, 5.41) is 17.3. The Balaban J connectivity index is 1.73. The van der Waals surface area contributed by atoms with Crippen LogP contribution in [0.3, 0.4) is 0 Å². The molecule has 0 aliphatic rings. The van der Waals surface area contributed by atoms with Crippen molar-refractivity contribution in [2.45, 2.75) is 13.1 Å². The van der Waals surface area contributed by atoms with E-state index in [-0.39, 0.29) is 11.5 Å². The van der Waals surface area contributed by atoms with Crippen LogP contribution in [0.15, 0.2) is 66.9 Å². The molecule has 2 N–H and O–H groups in total. The maximum Gasteiger partial charge on any atom is 0.329 e. The third-order valence-corrected chi connectivity index (χ3v) is 3.56. The summed E-state index contributed by atoms with van der Waals surface area (Å²) < 4.78 is 0. The molecule has 0 aliphatic carbocycles.